The first-order chi connectivity index (χ1) is 19.7. The maximum absolute atomic E-state index is 13.9. The van der Waals surface area contributed by atoms with E-state index in [4.69, 9.17) is 11.6 Å². The molecule has 12 heteroatoms. The van der Waals surface area contributed by atoms with E-state index in [0.29, 0.717) is 27.5 Å². The molecule has 226 valence electrons. The second-order valence-corrected chi connectivity index (χ2v) is 12.1. The molecule has 0 spiro atoms. The number of amides is 2. The van der Waals surface area contributed by atoms with Gasteiger partial charge in [-0.25, -0.2) is 8.42 Å². The van der Waals surface area contributed by atoms with Crippen LogP contribution in [0.5, 0.6) is 0 Å². The summed E-state index contributed by atoms with van der Waals surface area (Å²) in [5.41, 5.74) is -0.0696. The average Bonchev–Trinajstić information content (AvgIpc) is 2.94. The zero-order valence-corrected chi connectivity index (χ0v) is 25.1. The highest BCUT2D eigenvalue weighted by Crippen LogP contribution is 2.33. The highest BCUT2D eigenvalue weighted by Gasteiger charge is 2.35. The van der Waals surface area contributed by atoms with Crippen molar-refractivity contribution in [1.82, 2.24) is 10.2 Å². The number of nitrogens with one attached hydrogen (secondary N) is 1. The SMILES string of the molecule is CCCCNC(=O)[C@@H](C)N(Cc1cccc(Cl)c1)C(=O)CN(c1cccc(C(F)(F)F)c1)S(=O)(=O)c1ccc(C)cc1. The average molecular weight is 624 g/mol. The Balaban J connectivity index is 2.07. The van der Waals surface area contributed by atoms with Crippen LogP contribution in [0, 0.1) is 6.92 Å². The summed E-state index contributed by atoms with van der Waals surface area (Å²) in [6.45, 7) is 4.66. The molecule has 0 aliphatic rings. The molecule has 0 saturated heterocycles. The molecule has 0 saturated carbocycles. The van der Waals surface area contributed by atoms with E-state index >= 15 is 0 Å². The number of carbonyl (C=O) groups is 2. The minimum absolute atomic E-state index is 0.0945. The quantitative estimate of drug-likeness (QED) is 0.244. The third-order valence-corrected chi connectivity index (χ3v) is 8.61. The molecule has 1 N–H and O–H groups in total. The topological polar surface area (TPSA) is 86.8 Å². The number of carbonyl (C=O) groups excluding carboxylic acids is 2. The molecule has 1 atom stereocenters. The Kier molecular flexibility index (Phi) is 11.0. The summed E-state index contributed by atoms with van der Waals surface area (Å²) >= 11 is 6.13. The van der Waals surface area contributed by atoms with Crippen molar-refractivity contribution < 1.29 is 31.2 Å². The van der Waals surface area contributed by atoms with E-state index in [9.17, 15) is 31.2 Å². The van der Waals surface area contributed by atoms with Crippen molar-refractivity contribution in [3.8, 4) is 0 Å². The van der Waals surface area contributed by atoms with E-state index in [0.717, 1.165) is 30.5 Å². The predicted octanol–water partition coefficient (Wildman–Crippen LogP) is 6.20. The van der Waals surface area contributed by atoms with Crippen molar-refractivity contribution in [2.75, 3.05) is 17.4 Å². The Hall–Kier alpha value is -3.57. The van der Waals surface area contributed by atoms with E-state index in [-0.39, 0.29) is 17.1 Å². The molecular weight excluding hydrogens is 591 g/mol. The van der Waals surface area contributed by atoms with E-state index in [2.05, 4.69) is 5.32 Å². The molecule has 0 fully saturated rings. The number of nitrogens with zero attached hydrogens (tertiary/aromatic N) is 2. The number of benzene rings is 3. The number of alkyl halides is 3. The van der Waals surface area contributed by atoms with Crippen molar-refractivity contribution >= 4 is 39.1 Å². The van der Waals surface area contributed by atoms with E-state index in [1.165, 1.54) is 30.0 Å². The van der Waals surface area contributed by atoms with E-state index in [1.807, 2.05) is 6.92 Å². The number of hydrogen-bond acceptors (Lipinski definition) is 4. The van der Waals surface area contributed by atoms with Gasteiger partial charge in [0.15, 0.2) is 0 Å². The van der Waals surface area contributed by atoms with Crippen LogP contribution < -0.4 is 9.62 Å². The first-order valence-corrected chi connectivity index (χ1v) is 15.1. The minimum Gasteiger partial charge on any atom is -0.354 e. The highest BCUT2D eigenvalue weighted by molar-refractivity contribution is 7.92. The second kappa shape index (κ2) is 14.1. The number of anilines is 1. The molecule has 0 aliphatic carbocycles. The lowest BCUT2D eigenvalue weighted by Crippen LogP contribution is -2.51. The number of rotatable bonds is 12. The largest absolute Gasteiger partial charge is 0.416 e. The Morgan fingerprint density at radius 2 is 1.67 bits per heavy atom. The molecule has 3 rings (SSSR count). The van der Waals surface area contributed by atoms with Crippen LogP contribution in [-0.2, 0) is 32.3 Å². The summed E-state index contributed by atoms with van der Waals surface area (Å²) in [7, 11) is -4.51. The van der Waals surface area contributed by atoms with Crippen LogP contribution in [0.3, 0.4) is 0 Å². The summed E-state index contributed by atoms with van der Waals surface area (Å²) in [6.07, 6.45) is -3.19. The molecular formula is C30H33ClF3N3O4S. The standard InChI is InChI=1S/C30H33ClF3N3O4S/c1-4-5-16-35-29(39)22(3)36(19-23-8-6-10-25(31)17-23)28(38)20-37(26-11-7-9-24(18-26)30(32,33)34)42(40,41)27-14-12-21(2)13-15-27/h6-15,17-18,22H,4-5,16,19-20H2,1-3H3,(H,35,39)/t22-/m1/s1. The third-order valence-electron chi connectivity index (χ3n) is 6.59. The summed E-state index contributed by atoms with van der Waals surface area (Å²) in [4.78, 5) is 27.9. The molecule has 2 amide bonds. The Bertz CT molecular complexity index is 1500. The maximum Gasteiger partial charge on any atom is 0.416 e. The first-order valence-electron chi connectivity index (χ1n) is 13.3. The number of halogens is 4. The number of sulfonamides is 1. The van der Waals surface area contributed by atoms with Gasteiger partial charge < -0.3 is 10.2 Å². The van der Waals surface area contributed by atoms with Crippen LogP contribution in [0.2, 0.25) is 5.02 Å². The smallest absolute Gasteiger partial charge is 0.354 e. The number of unbranched alkanes of at least 4 members (excludes halogenated alkanes) is 1. The van der Waals surface area contributed by atoms with E-state index < -0.39 is 46.2 Å². The second-order valence-electron chi connectivity index (χ2n) is 9.84. The fraction of sp³-hybridized carbons (Fsp3) is 0.333. The first kappa shape index (κ1) is 32.9. The van der Waals surface area contributed by atoms with Crippen LogP contribution in [0.1, 0.15) is 43.4 Å². The van der Waals surface area contributed by atoms with Gasteiger partial charge in [0.05, 0.1) is 16.1 Å². The van der Waals surface area contributed by atoms with Crippen LogP contribution in [0.25, 0.3) is 0 Å². The predicted molar refractivity (Wildman–Crippen MR) is 157 cm³/mol. The molecule has 3 aromatic rings. The molecule has 3 aromatic carbocycles. The van der Waals surface area contributed by atoms with Crippen LogP contribution in [0.15, 0.2) is 77.7 Å². The van der Waals surface area contributed by atoms with Crippen molar-refractivity contribution in [3.05, 3.63) is 94.5 Å². The zero-order valence-electron chi connectivity index (χ0n) is 23.5. The molecule has 0 aromatic heterocycles. The Morgan fingerprint density at radius 3 is 2.29 bits per heavy atom. The lowest BCUT2D eigenvalue weighted by molar-refractivity contribution is -0.139. The fourth-order valence-electron chi connectivity index (χ4n) is 4.15. The molecule has 7 nitrogen and oxygen atoms in total. The lowest BCUT2D eigenvalue weighted by atomic mass is 10.1. The third kappa shape index (κ3) is 8.48. The van der Waals surface area contributed by atoms with Crippen LogP contribution in [-0.4, -0.2) is 44.3 Å². The van der Waals surface area contributed by atoms with Gasteiger partial charge in [-0.15, -0.1) is 0 Å². The van der Waals surface area contributed by atoms with Gasteiger partial charge in [0.2, 0.25) is 11.8 Å². The monoisotopic (exact) mass is 623 g/mol. The van der Waals surface area contributed by atoms with Crippen molar-refractivity contribution in [1.29, 1.82) is 0 Å². The van der Waals surface area contributed by atoms with Crippen molar-refractivity contribution in [2.24, 2.45) is 0 Å². The van der Waals surface area contributed by atoms with Crippen LogP contribution in [0.4, 0.5) is 18.9 Å². The molecule has 0 bridgehead atoms. The van der Waals surface area contributed by atoms with Gasteiger partial charge in [-0.2, -0.15) is 13.2 Å². The summed E-state index contributed by atoms with van der Waals surface area (Å²) in [5, 5.41) is 3.17. The van der Waals surface area contributed by atoms with Gasteiger partial charge in [-0.3, -0.25) is 13.9 Å². The summed E-state index contributed by atoms with van der Waals surface area (Å²) < 4.78 is 69.0. The Morgan fingerprint density at radius 1 is 1.00 bits per heavy atom. The maximum atomic E-state index is 13.9. The number of aryl methyl sites for hydroxylation is 1. The molecule has 0 heterocycles. The molecule has 0 radical (unpaired) electrons. The van der Waals surface area contributed by atoms with Gasteiger partial charge in [0.1, 0.15) is 12.6 Å². The van der Waals surface area contributed by atoms with Crippen molar-refractivity contribution in [3.63, 3.8) is 0 Å². The summed E-state index contributed by atoms with van der Waals surface area (Å²) in [5.74, 6) is -1.24. The minimum atomic E-state index is -4.75. The molecule has 42 heavy (non-hydrogen) atoms. The molecule has 0 unspecified atom stereocenters. The lowest BCUT2D eigenvalue weighted by Gasteiger charge is -2.32. The van der Waals surface area contributed by atoms with Gasteiger partial charge in [0, 0.05) is 18.1 Å². The highest BCUT2D eigenvalue weighted by atomic mass is 35.5. The fourth-order valence-corrected chi connectivity index (χ4v) is 5.77. The van der Waals surface area contributed by atoms with Crippen molar-refractivity contribution in [2.45, 2.75) is 57.3 Å². The zero-order chi connectivity index (χ0) is 31.1. The van der Waals surface area contributed by atoms with Crippen LogP contribution >= 0.6 is 11.6 Å². The van der Waals surface area contributed by atoms with Gasteiger partial charge in [-0.05, 0) is 68.3 Å². The van der Waals surface area contributed by atoms with E-state index in [1.54, 1.807) is 43.3 Å². The molecule has 0 aliphatic heterocycles. The van der Waals surface area contributed by atoms with Gasteiger partial charge >= 0.3 is 6.18 Å². The Labute approximate surface area is 249 Å². The normalized spacial score (nSPS) is 12.5. The summed E-state index contributed by atoms with van der Waals surface area (Å²) in [6, 6.07) is 15.1. The number of hydrogen-bond donors (Lipinski definition) is 1. The van der Waals surface area contributed by atoms with Gasteiger partial charge in [-0.1, -0.05) is 60.8 Å². The van der Waals surface area contributed by atoms with Gasteiger partial charge in [0.25, 0.3) is 10.0 Å².